The van der Waals surface area contributed by atoms with Gasteiger partial charge in [0.05, 0.1) is 5.92 Å². The molecule has 0 amide bonds. The fraction of sp³-hybridized carbons (Fsp3) is 0.333. The molecule has 0 fully saturated rings. The zero-order chi connectivity index (χ0) is 16.8. The van der Waals surface area contributed by atoms with E-state index in [2.05, 4.69) is 22.0 Å². The predicted octanol–water partition coefficient (Wildman–Crippen LogP) is 3.90. The Hall–Kier alpha value is -2.06. The summed E-state index contributed by atoms with van der Waals surface area (Å²) in [6.45, 7) is 4.07. The van der Waals surface area contributed by atoms with Crippen molar-refractivity contribution >= 4 is 21.7 Å². The van der Waals surface area contributed by atoms with E-state index < -0.39 is 5.92 Å². The quantitative estimate of drug-likeness (QED) is 0.810. The zero-order valence-corrected chi connectivity index (χ0v) is 14.6. The second-order valence-electron chi connectivity index (χ2n) is 6.76. The van der Waals surface area contributed by atoms with Crippen LogP contribution in [0.1, 0.15) is 38.2 Å². The molecule has 0 saturated carbocycles. The maximum Gasteiger partial charge on any atom is 0.205 e. The Morgan fingerprint density at radius 3 is 2.78 bits per heavy atom. The van der Waals surface area contributed by atoms with Crippen molar-refractivity contribution in [1.29, 1.82) is 5.26 Å². The number of carbonyl (C=O) groups excluding carboxylic acids is 1. The van der Waals surface area contributed by atoms with Gasteiger partial charge in [0.25, 0.3) is 0 Å². The van der Waals surface area contributed by atoms with Crippen molar-refractivity contribution < 1.29 is 9.53 Å². The Kier molecular flexibility index (Phi) is 3.81. The lowest BCUT2D eigenvalue weighted by atomic mass is 9.70. The van der Waals surface area contributed by atoms with E-state index in [0.717, 1.165) is 10.0 Å². The van der Waals surface area contributed by atoms with Crippen molar-refractivity contribution in [2.75, 3.05) is 0 Å². The molecule has 1 atom stereocenters. The van der Waals surface area contributed by atoms with Crippen molar-refractivity contribution in [3.05, 3.63) is 57.1 Å². The Morgan fingerprint density at radius 2 is 2.13 bits per heavy atom. The second-order valence-corrected chi connectivity index (χ2v) is 7.67. The molecule has 1 aliphatic heterocycles. The highest BCUT2D eigenvalue weighted by atomic mass is 79.9. The van der Waals surface area contributed by atoms with Gasteiger partial charge in [-0.3, -0.25) is 4.79 Å². The molecule has 0 spiro atoms. The number of rotatable bonds is 1. The van der Waals surface area contributed by atoms with Crippen molar-refractivity contribution in [3.63, 3.8) is 0 Å². The number of benzene rings is 1. The van der Waals surface area contributed by atoms with Crippen LogP contribution in [0.2, 0.25) is 0 Å². The van der Waals surface area contributed by atoms with Crippen LogP contribution in [-0.4, -0.2) is 5.78 Å². The Bertz CT molecular complexity index is 799. The molecule has 1 aromatic carbocycles. The van der Waals surface area contributed by atoms with Crippen LogP contribution in [0.3, 0.4) is 0 Å². The van der Waals surface area contributed by atoms with Crippen LogP contribution in [0.5, 0.6) is 0 Å². The molecule has 5 heteroatoms. The number of nitriles is 1. The van der Waals surface area contributed by atoms with Crippen LogP contribution in [0.4, 0.5) is 0 Å². The molecule has 1 aromatic rings. The highest BCUT2D eigenvalue weighted by Crippen LogP contribution is 2.47. The lowest BCUT2D eigenvalue weighted by Gasteiger charge is -2.37. The lowest BCUT2D eigenvalue weighted by molar-refractivity contribution is -0.119. The molecule has 0 bridgehead atoms. The van der Waals surface area contributed by atoms with Crippen LogP contribution in [0.15, 0.2) is 51.5 Å². The smallest absolute Gasteiger partial charge is 0.205 e. The van der Waals surface area contributed by atoms with Crippen molar-refractivity contribution in [2.24, 2.45) is 11.1 Å². The summed E-state index contributed by atoms with van der Waals surface area (Å²) >= 11 is 3.44. The van der Waals surface area contributed by atoms with E-state index in [4.69, 9.17) is 10.5 Å². The van der Waals surface area contributed by atoms with Gasteiger partial charge in [-0.15, -0.1) is 0 Å². The number of carbonyl (C=O) groups is 1. The van der Waals surface area contributed by atoms with E-state index in [1.54, 1.807) is 0 Å². The van der Waals surface area contributed by atoms with Crippen molar-refractivity contribution in [2.45, 2.75) is 32.6 Å². The first kappa shape index (κ1) is 15.8. The summed E-state index contributed by atoms with van der Waals surface area (Å²) in [5.74, 6) is 0.278. The van der Waals surface area contributed by atoms with Gasteiger partial charge in [-0.1, -0.05) is 41.9 Å². The molecule has 2 aliphatic rings. The Balaban J connectivity index is 2.19. The molecule has 118 valence electrons. The highest BCUT2D eigenvalue weighted by Gasteiger charge is 2.42. The minimum Gasteiger partial charge on any atom is -0.444 e. The number of allylic oxidation sites excluding steroid dienone is 3. The third kappa shape index (κ3) is 2.79. The monoisotopic (exact) mass is 372 g/mol. The molecule has 4 nitrogen and oxygen atoms in total. The van der Waals surface area contributed by atoms with Gasteiger partial charge in [0.2, 0.25) is 5.88 Å². The molecular weight excluding hydrogens is 356 g/mol. The average molecular weight is 373 g/mol. The molecule has 23 heavy (non-hydrogen) atoms. The molecule has 0 unspecified atom stereocenters. The Labute approximate surface area is 143 Å². The average Bonchev–Trinajstić information content (AvgIpc) is 2.44. The van der Waals surface area contributed by atoms with Gasteiger partial charge in [0, 0.05) is 22.9 Å². The van der Waals surface area contributed by atoms with Gasteiger partial charge in [0.1, 0.15) is 17.4 Å². The zero-order valence-electron chi connectivity index (χ0n) is 13.0. The minimum atomic E-state index is -0.454. The van der Waals surface area contributed by atoms with E-state index in [-0.39, 0.29) is 17.1 Å². The van der Waals surface area contributed by atoms with Crippen LogP contribution in [0, 0.1) is 16.7 Å². The molecule has 0 radical (unpaired) electrons. The van der Waals surface area contributed by atoms with E-state index in [9.17, 15) is 10.1 Å². The highest BCUT2D eigenvalue weighted by molar-refractivity contribution is 9.10. The number of hydrogen-bond acceptors (Lipinski definition) is 4. The van der Waals surface area contributed by atoms with E-state index in [0.29, 0.717) is 29.7 Å². The number of Topliss-reactive ketones (excluding diaryl/α,β-unsaturated/α-hetero) is 1. The third-order valence-electron chi connectivity index (χ3n) is 4.26. The molecular formula is C18H17BrN2O2. The summed E-state index contributed by atoms with van der Waals surface area (Å²) in [6, 6.07) is 9.74. The van der Waals surface area contributed by atoms with Gasteiger partial charge in [-0.25, -0.2) is 0 Å². The van der Waals surface area contributed by atoms with Gasteiger partial charge >= 0.3 is 0 Å². The van der Waals surface area contributed by atoms with Crippen LogP contribution >= 0.6 is 15.9 Å². The SMILES string of the molecule is CC1(C)CC(=O)C2=C(C1)OC(N)=C(C#N)[C@@H]2c1cccc(Br)c1. The molecule has 0 saturated heterocycles. The summed E-state index contributed by atoms with van der Waals surface area (Å²) in [6.07, 6.45) is 1.08. The summed E-state index contributed by atoms with van der Waals surface area (Å²) < 4.78 is 6.56. The van der Waals surface area contributed by atoms with Crippen LogP contribution < -0.4 is 5.73 Å². The molecule has 1 heterocycles. The number of nitrogens with two attached hydrogens (primary N) is 1. The fourth-order valence-corrected chi connectivity index (χ4v) is 3.72. The van der Waals surface area contributed by atoms with E-state index >= 15 is 0 Å². The van der Waals surface area contributed by atoms with Gasteiger partial charge in [-0.05, 0) is 23.1 Å². The fourth-order valence-electron chi connectivity index (χ4n) is 3.30. The van der Waals surface area contributed by atoms with Crippen molar-refractivity contribution in [1.82, 2.24) is 0 Å². The van der Waals surface area contributed by atoms with Gasteiger partial charge < -0.3 is 10.5 Å². The van der Waals surface area contributed by atoms with Crippen LogP contribution in [0.25, 0.3) is 0 Å². The molecule has 2 N–H and O–H groups in total. The number of halogens is 1. The largest absolute Gasteiger partial charge is 0.444 e. The summed E-state index contributed by atoms with van der Waals surface area (Å²) in [5, 5.41) is 9.53. The van der Waals surface area contributed by atoms with Gasteiger partial charge in [0.15, 0.2) is 5.78 Å². The van der Waals surface area contributed by atoms with Crippen molar-refractivity contribution in [3.8, 4) is 6.07 Å². The number of hydrogen-bond donors (Lipinski definition) is 1. The first-order valence-corrected chi connectivity index (χ1v) is 8.21. The van der Waals surface area contributed by atoms with Gasteiger partial charge in [-0.2, -0.15) is 5.26 Å². The maximum atomic E-state index is 12.8. The summed E-state index contributed by atoms with van der Waals surface area (Å²) in [7, 11) is 0. The normalized spacial score (nSPS) is 23.2. The first-order valence-electron chi connectivity index (χ1n) is 7.42. The minimum absolute atomic E-state index is 0.0291. The molecule has 1 aliphatic carbocycles. The topological polar surface area (TPSA) is 76.1 Å². The second kappa shape index (κ2) is 5.54. The Morgan fingerprint density at radius 1 is 1.39 bits per heavy atom. The van der Waals surface area contributed by atoms with Crippen LogP contribution in [-0.2, 0) is 9.53 Å². The first-order chi connectivity index (χ1) is 10.8. The number of ether oxygens (including phenoxy) is 1. The summed E-state index contributed by atoms with van der Waals surface area (Å²) in [4.78, 5) is 12.8. The molecule has 0 aromatic heterocycles. The summed E-state index contributed by atoms with van der Waals surface area (Å²) in [5.41, 5.74) is 7.55. The lowest BCUT2D eigenvalue weighted by Crippen LogP contribution is -2.33. The van der Waals surface area contributed by atoms with E-state index in [1.807, 2.05) is 38.1 Å². The maximum absolute atomic E-state index is 12.8. The number of ketones is 1. The predicted molar refractivity (Wildman–Crippen MR) is 89.8 cm³/mol. The standard InChI is InChI=1S/C18H17BrN2O2/c1-18(2)7-13(22)16-14(8-18)23-17(21)12(9-20)15(16)10-4-3-5-11(19)6-10/h3-6,15H,7-8,21H2,1-2H3/t15-/m0/s1. The van der Waals surface area contributed by atoms with E-state index in [1.165, 1.54) is 0 Å². The number of nitrogens with zero attached hydrogens (tertiary/aromatic N) is 1. The third-order valence-corrected chi connectivity index (χ3v) is 4.75. The molecule has 3 rings (SSSR count).